The first-order valence-corrected chi connectivity index (χ1v) is 1.58. The van der Waals surface area contributed by atoms with Crippen LogP contribution in [0.15, 0.2) is 0 Å². The van der Waals surface area contributed by atoms with Crippen LogP contribution < -0.4 is 0 Å². The minimum absolute atomic E-state index is 0. The molecule has 0 rings (SSSR count). The van der Waals surface area contributed by atoms with Crippen molar-refractivity contribution >= 4 is 60.2 Å². The van der Waals surface area contributed by atoms with E-state index < -0.39 is 6.16 Å². The van der Waals surface area contributed by atoms with Gasteiger partial charge in [0.05, 0.1) is 0 Å². The summed E-state index contributed by atoms with van der Waals surface area (Å²) in [5, 5.41) is 7.48. The van der Waals surface area contributed by atoms with Gasteiger partial charge in [0.1, 0.15) is 0 Å². The van der Waals surface area contributed by atoms with Crippen LogP contribution in [0.4, 0.5) is 4.79 Å². The Morgan fingerprint density at radius 2 is 2.00 bits per heavy atom. The second-order valence-corrected chi connectivity index (χ2v) is 0.740. The van der Waals surface area contributed by atoms with E-state index in [-0.39, 0.29) is 37.7 Å². The molecule has 0 saturated carbocycles. The average Bonchev–Trinajstić information content (AvgIpc) is 1.38. The summed E-state index contributed by atoms with van der Waals surface area (Å²) in [4.78, 5) is 9.13. The van der Waals surface area contributed by atoms with E-state index in [4.69, 9.17) is 9.90 Å². The summed E-state index contributed by atoms with van der Waals surface area (Å²) in [7, 11) is 0. The Morgan fingerprint density at radius 3 is 2.00 bits per heavy atom. The third-order valence-electron chi connectivity index (χ3n) is 0.0781. The standard InChI is InChI=1S/CH2O3Se.Ca.2H/c2-1(3)4-5;;;/h5H,(H,2,3);;;. The molecule has 0 radical (unpaired) electrons. The number of carboxylic acid groups (broad SMARTS) is 1. The molecule has 5 heteroatoms. The van der Waals surface area contributed by atoms with Gasteiger partial charge in [0.2, 0.25) is 0 Å². The summed E-state index contributed by atoms with van der Waals surface area (Å²) < 4.78 is 3.60. The van der Waals surface area contributed by atoms with Crippen LogP contribution in [0, 0.1) is 0 Å². The molecular formula is CH4CaO3Se. The first kappa shape index (κ1) is 10.1. The van der Waals surface area contributed by atoms with Gasteiger partial charge >= 0.3 is 74.0 Å². The second-order valence-electron chi connectivity index (χ2n) is 0.357. The van der Waals surface area contributed by atoms with Crippen LogP contribution in [0.25, 0.3) is 0 Å². The zero-order valence-corrected chi connectivity index (χ0v) is 4.09. The van der Waals surface area contributed by atoms with Crippen LogP contribution in [0.3, 0.4) is 0 Å². The van der Waals surface area contributed by atoms with Gasteiger partial charge in [-0.15, -0.1) is 0 Å². The SMILES string of the molecule is O=C(O)O[SeH].[CaH2]. The molecule has 0 atom stereocenters. The van der Waals surface area contributed by atoms with Crippen LogP contribution in [0.1, 0.15) is 0 Å². The summed E-state index contributed by atoms with van der Waals surface area (Å²) in [6.45, 7) is 0. The predicted octanol–water partition coefficient (Wildman–Crippen LogP) is -1.42. The van der Waals surface area contributed by atoms with Gasteiger partial charge in [-0.25, -0.2) is 0 Å². The first-order valence-electron chi connectivity index (χ1n) is 0.814. The Labute approximate surface area is 73.2 Å². The number of carbonyl (C=O) groups is 1. The predicted molar refractivity (Wildman–Crippen MR) is 24.8 cm³/mol. The molecule has 0 aromatic heterocycles. The van der Waals surface area contributed by atoms with Gasteiger partial charge in [-0.2, -0.15) is 0 Å². The fraction of sp³-hybridized carbons (Fsp3) is 0. The van der Waals surface area contributed by atoms with E-state index in [1.54, 1.807) is 0 Å². The van der Waals surface area contributed by atoms with Crippen molar-refractivity contribution in [3.05, 3.63) is 0 Å². The Hall–Kier alpha value is 1.05. The van der Waals surface area contributed by atoms with Gasteiger partial charge in [-0.3, -0.25) is 0 Å². The zero-order valence-electron chi connectivity index (χ0n) is 2.21. The van der Waals surface area contributed by atoms with Crippen molar-refractivity contribution in [2.75, 3.05) is 0 Å². The van der Waals surface area contributed by atoms with Gasteiger partial charge in [0.25, 0.3) is 0 Å². The fourth-order valence-electron chi connectivity index (χ4n) is 0. The van der Waals surface area contributed by atoms with Crippen molar-refractivity contribution in [3.63, 3.8) is 0 Å². The Kier molecular flexibility index (Phi) is 10.2. The van der Waals surface area contributed by atoms with Crippen LogP contribution in [-0.2, 0) is 3.82 Å². The van der Waals surface area contributed by atoms with Gasteiger partial charge in [0, 0.05) is 0 Å². The van der Waals surface area contributed by atoms with E-state index in [1.165, 1.54) is 16.3 Å². The monoisotopic (exact) mass is 184 g/mol. The average molecular weight is 183 g/mol. The van der Waals surface area contributed by atoms with E-state index in [2.05, 4.69) is 3.82 Å². The molecule has 6 heavy (non-hydrogen) atoms. The Balaban J connectivity index is 0. The molecule has 0 amide bonds. The molecule has 0 aromatic rings. The van der Waals surface area contributed by atoms with E-state index in [1.807, 2.05) is 0 Å². The molecule has 1 N–H and O–H groups in total. The molecule has 0 unspecified atom stereocenters. The van der Waals surface area contributed by atoms with Crippen molar-refractivity contribution in [1.82, 2.24) is 0 Å². The Morgan fingerprint density at radius 1 is 1.83 bits per heavy atom. The molecule has 0 fully saturated rings. The molecule has 3 nitrogen and oxygen atoms in total. The summed E-state index contributed by atoms with van der Waals surface area (Å²) in [5.74, 6) is 0. The van der Waals surface area contributed by atoms with Crippen molar-refractivity contribution < 1.29 is 13.7 Å². The van der Waals surface area contributed by atoms with Crippen LogP contribution >= 0.6 is 0 Å². The summed E-state index contributed by atoms with van der Waals surface area (Å²) in [5.41, 5.74) is 0. The Bertz CT molecular complexity index is 46.1. The van der Waals surface area contributed by atoms with Crippen LogP contribution in [0.2, 0.25) is 0 Å². The van der Waals surface area contributed by atoms with Gasteiger partial charge in [-0.1, -0.05) is 0 Å². The second kappa shape index (κ2) is 6.05. The zero-order chi connectivity index (χ0) is 4.28. The molecule has 0 aromatic carbocycles. The molecule has 0 bridgehead atoms. The molecule has 34 valence electrons. The first-order chi connectivity index (χ1) is 2.27. The molecule has 0 aliphatic carbocycles. The van der Waals surface area contributed by atoms with Crippen molar-refractivity contribution in [3.8, 4) is 0 Å². The maximum atomic E-state index is 9.13. The molecule has 0 saturated heterocycles. The van der Waals surface area contributed by atoms with E-state index >= 15 is 0 Å². The topological polar surface area (TPSA) is 46.5 Å². The van der Waals surface area contributed by atoms with E-state index in [0.717, 1.165) is 0 Å². The van der Waals surface area contributed by atoms with Crippen molar-refractivity contribution in [2.45, 2.75) is 0 Å². The molecule has 0 spiro atoms. The van der Waals surface area contributed by atoms with E-state index in [9.17, 15) is 0 Å². The van der Waals surface area contributed by atoms with Gasteiger partial charge < -0.3 is 0 Å². The number of hydrogen-bond donors (Lipinski definition) is 1. The molecular weight excluding hydrogens is 179 g/mol. The van der Waals surface area contributed by atoms with Crippen LogP contribution in [-0.4, -0.2) is 65.3 Å². The third kappa shape index (κ3) is 8.90. The molecule has 0 aliphatic heterocycles. The van der Waals surface area contributed by atoms with Crippen LogP contribution in [0.5, 0.6) is 0 Å². The summed E-state index contributed by atoms with van der Waals surface area (Å²) in [6, 6.07) is 0. The van der Waals surface area contributed by atoms with E-state index in [0.29, 0.717) is 0 Å². The number of rotatable bonds is 0. The quantitative estimate of drug-likeness (QED) is 0.469. The third-order valence-corrected chi connectivity index (χ3v) is 0.406. The summed E-state index contributed by atoms with van der Waals surface area (Å²) in [6.07, 6.45) is -1.27. The normalized spacial score (nSPS) is 5.50. The van der Waals surface area contributed by atoms with Gasteiger partial charge in [0.15, 0.2) is 0 Å². The summed E-state index contributed by atoms with van der Waals surface area (Å²) >= 11 is 1.47. The van der Waals surface area contributed by atoms with Crippen molar-refractivity contribution in [2.24, 2.45) is 0 Å². The minimum atomic E-state index is -1.27. The van der Waals surface area contributed by atoms with Gasteiger partial charge in [-0.05, 0) is 0 Å². The molecule has 0 aliphatic rings. The maximum absolute atomic E-state index is 9.13. The fourth-order valence-corrected chi connectivity index (χ4v) is 0. The molecule has 0 heterocycles. The van der Waals surface area contributed by atoms with Crippen molar-refractivity contribution in [1.29, 1.82) is 0 Å². The number of hydrogen-bond acceptors (Lipinski definition) is 2.